The van der Waals surface area contributed by atoms with Crippen molar-refractivity contribution in [1.29, 1.82) is 0 Å². The number of sulfonamides is 1. The van der Waals surface area contributed by atoms with Gasteiger partial charge in [-0.3, -0.25) is 10.1 Å². The third-order valence-corrected chi connectivity index (χ3v) is 4.57. The maximum atomic E-state index is 13.1. The van der Waals surface area contributed by atoms with E-state index in [4.69, 9.17) is 5.14 Å². The molecule has 1 aliphatic rings. The summed E-state index contributed by atoms with van der Waals surface area (Å²) in [4.78, 5) is 18.9. The average molecular weight is 396 g/mol. The fraction of sp³-hybridized carbons (Fsp3) is 0.0667. The molecule has 0 atom stereocenters. The molecule has 12 heteroatoms. The molecule has 1 amide bonds. The Kier molecular flexibility index (Phi) is 3.58. The summed E-state index contributed by atoms with van der Waals surface area (Å²) in [6.07, 6.45) is -3.74. The van der Waals surface area contributed by atoms with Crippen LogP contribution >= 0.6 is 0 Å². The van der Waals surface area contributed by atoms with Crippen molar-refractivity contribution in [2.75, 3.05) is 5.32 Å². The van der Waals surface area contributed by atoms with E-state index in [0.717, 1.165) is 6.07 Å². The van der Waals surface area contributed by atoms with Crippen molar-refractivity contribution in [3.63, 3.8) is 0 Å². The van der Waals surface area contributed by atoms with Crippen molar-refractivity contribution in [3.05, 3.63) is 42.0 Å². The van der Waals surface area contributed by atoms with E-state index in [1.165, 1.54) is 30.3 Å². The molecule has 2 heterocycles. The number of primary sulfonamides is 1. The molecule has 0 saturated heterocycles. The van der Waals surface area contributed by atoms with E-state index in [2.05, 4.69) is 24.8 Å². The summed E-state index contributed by atoms with van der Waals surface area (Å²) in [5, 5.41) is 7.49. The summed E-state index contributed by atoms with van der Waals surface area (Å²) in [6, 6.07) is 7.63. The molecule has 0 spiro atoms. The highest BCUT2D eigenvalue weighted by molar-refractivity contribution is 7.89. The third kappa shape index (κ3) is 3.27. The second-order valence-corrected chi connectivity index (χ2v) is 7.16. The number of hydrogen-bond acceptors (Lipinski definition) is 6. The second-order valence-electron chi connectivity index (χ2n) is 5.60. The van der Waals surface area contributed by atoms with Crippen LogP contribution in [0.4, 0.5) is 14.7 Å². The Bertz CT molecular complexity index is 1150. The molecular weight excluding hydrogens is 386 g/mol. The number of nitrogens with one attached hydrogen (secondary N) is 2. The molecule has 0 bridgehead atoms. The van der Waals surface area contributed by atoms with Crippen LogP contribution in [-0.2, 0) is 10.0 Å². The lowest BCUT2D eigenvalue weighted by atomic mass is 10.2. The number of carbonyl (C=O) groups is 1. The Hall–Kier alpha value is -3.25. The van der Waals surface area contributed by atoms with Gasteiger partial charge in [0.15, 0.2) is 11.5 Å². The summed E-state index contributed by atoms with van der Waals surface area (Å²) in [6.45, 7) is 0. The zero-order chi connectivity index (χ0) is 19.4. The fourth-order valence-corrected chi connectivity index (χ4v) is 3.07. The second kappa shape index (κ2) is 5.62. The minimum atomic E-state index is -3.96. The number of amides is 1. The lowest BCUT2D eigenvalue weighted by Gasteiger charge is -2.04. The SMILES string of the molecule is NS(=O)(=O)c1cccc(C(=O)Nc2nc3cc4c(cc3[nH]2)OC(F)(F)O4)c1. The van der Waals surface area contributed by atoms with Crippen molar-refractivity contribution in [2.45, 2.75) is 11.2 Å². The van der Waals surface area contributed by atoms with Gasteiger partial charge in [-0.25, -0.2) is 18.5 Å². The minimum Gasteiger partial charge on any atom is -0.395 e. The van der Waals surface area contributed by atoms with Crippen LogP contribution in [0.1, 0.15) is 10.4 Å². The number of alkyl halides is 2. The molecule has 2 aromatic carbocycles. The van der Waals surface area contributed by atoms with E-state index in [9.17, 15) is 22.0 Å². The van der Waals surface area contributed by atoms with E-state index in [0.29, 0.717) is 5.52 Å². The lowest BCUT2D eigenvalue weighted by molar-refractivity contribution is -0.286. The predicted octanol–water partition coefficient (Wildman–Crippen LogP) is 1.78. The molecule has 3 aromatic rings. The van der Waals surface area contributed by atoms with Crippen LogP contribution in [0.2, 0.25) is 0 Å². The topological polar surface area (TPSA) is 136 Å². The normalized spacial score (nSPS) is 15.1. The standard InChI is InChI=1S/C15H10F2N4O5S/c16-15(17)25-11-5-9-10(6-12(11)26-15)20-14(19-9)21-13(22)7-2-1-3-8(4-7)27(18,23)24/h1-6H,(H2,18,23,24)(H2,19,20,21,22). The maximum Gasteiger partial charge on any atom is 0.586 e. The van der Waals surface area contributed by atoms with E-state index >= 15 is 0 Å². The molecule has 4 rings (SSSR count). The van der Waals surface area contributed by atoms with E-state index < -0.39 is 22.2 Å². The average Bonchev–Trinajstić information content (AvgIpc) is 3.08. The summed E-state index contributed by atoms with van der Waals surface area (Å²) in [5.74, 6) is -0.981. The third-order valence-electron chi connectivity index (χ3n) is 3.66. The number of H-pyrrole nitrogens is 1. The Morgan fingerprint density at radius 2 is 1.89 bits per heavy atom. The highest BCUT2D eigenvalue weighted by atomic mass is 32.2. The van der Waals surface area contributed by atoms with Crippen LogP contribution in [0.3, 0.4) is 0 Å². The molecule has 140 valence electrons. The van der Waals surface area contributed by atoms with Crippen LogP contribution in [0.15, 0.2) is 41.3 Å². The molecule has 0 fully saturated rings. The van der Waals surface area contributed by atoms with Crippen LogP contribution < -0.4 is 19.9 Å². The van der Waals surface area contributed by atoms with Gasteiger partial charge in [0.1, 0.15) is 0 Å². The summed E-state index contributed by atoms with van der Waals surface area (Å²) in [7, 11) is -3.96. The zero-order valence-electron chi connectivity index (χ0n) is 13.2. The largest absolute Gasteiger partial charge is 0.586 e. The molecule has 0 aliphatic carbocycles. The Balaban J connectivity index is 1.60. The molecule has 1 aromatic heterocycles. The number of halogens is 2. The van der Waals surface area contributed by atoms with Gasteiger partial charge in [0, 0.05) is 17.7 Å². The quantitative estimate of drug-likeness (QED) is 0.617. The number of nitrogens with zero attached hydrogens (tertiary/aromatic N) is 1. The molecule has 0 saturated carbocycles. The summed E-state index contributed by atoms with van der Waals surface area (Å²) in [5.41, 5.74) is 0.614. The molecule has 27 heavy (non-hydrogen) atoms. The monoisotopic (exact) mass is 396 g/mol. The number of rotatable bonds is 3. The Labute approximate surface area is 150 Å². The first kappa shape index (κ1) is 17.2. The van der Waals surface area contributed by atoms with Crippen molar-refractivity contribution >= 4 is 32.9 Å². The first-order valence-electron chi connectivity index (χ1n) is 7.35. The maximum absolute atomic E-state index is 13.1. The number of nitrogens with two attached hydrogens (primary N) is 1. The number of aromatic amines is 1. The van der Waals surface area contributed by atoms with Gasteiger partial charge in [0.2, 0.25) is 16.0 Å². The first-order chi connectivity index (χ1) is 12.6. The predicted molar refractivity (Wildman–Crippen MR) is 88.1 cm³/mol. The number of anilines is 1. The van der Waals surface area contributed by atoms with Gasteiger partial charge in [0.05, 0.1) is 15.9 Å². The van der Waals surface area contributed by atoms with Crippen molar-refractivity contribution in [1.82, 2.24) is 9.97 Å². The van der Waals surface area contributed by atoms with Gasteiger partial charge in [0.25, 0.3) is 5.91 Å². The molecule has 1 aliphatic heterocycles. The first-order valence-corrected chi connectivity index (χ1v) is 8.89. The van der Waals surface area contributed by atoms with Crippen LogP contribution in [0.5, 0.6) is 11.5 Å². The lowest BCUT2D eigenvalue weighted by Crippen LogP contribution is -2.25. The van der Waals surface area contributed by atoms with Gasteiger partial charge in [-0.2, -0.15) is 0 Å². The number of benzene rings is 2. The molecular formula is C15H10F2N4O5S. The van der Waals surface area contributed by atoms with Crippen LogP contribution in [-0.4, -0.2) is 30.6 Å². The van der Waals surface area contributed by atoms with Crippen molar-refractivity contribution < 1.29 is 31.5 Å². The number of aromatic nitrogens is 2. The Morgan fingerprint density at radius 3 is 2.59 bits per heavy atom. The molecule has 4 N–H and O–H groups in total. The summed E-state index contributed by atoms with van der Waals surface area (Å²) < 4.78 is 57.6. The molecule has 9 nitrogen and oxygen atoms in total. The van der Waals surface area contributed by atoms with Gasteiger partial charge in [-0.1, -0.05) is 6.07 Å². The van der Waals surface area contributed by atoms with Gasteiger partial charge < -0.3 is 14.5 Å². The highest BCUT2D eigenvalue weighted by Gasteiger charge is 2.43. The van der Waals surface area contributed by atoms with Crippen molar-refractivity contribution in [3.8, 4) is 11.5 Å². The fourth-order valence-electron chi connectivity index (χ4n) is 2.51. The highest BCUT2D eigenvalue weighted by Crippen LogP contribution is 2.42. The van der Waals surface area contributed by atoms with Gasteiger partial charge in [-0.05, 0) is 18.2 Å². The smallest absolute Gasteiger partial charge is 0.395 e. The van der Waals surface area contributed by atoms with E-state index in [1.54, 1.807) is 0 Å². The number of hydrogen-bond donors (Lipinski definition) is 3. The number of carbonyl (C=O) groups excluding carboxylic acids is 1. The van der Waals surface area contributed by atoms with Crippen LogP contribution in [0, 0.1) is 0 Å². The molecule has 0 unspecified atom stereocenters. The van der Waals surface area contributed by atoms with Crippen molar-refractivity contribution in [2.24, 2.45) is 5.14 Å². The number of fused-ring (bicyclic) bond motifs is 2. The van der Waals surface area contributed by atoms with Gasteiger partial charge in [-0.15, -0.1) is 8.78 Å². The zero-order valence-corrected chi connectivity index (χ0v) is 14.0. The van der Waals surface area contributed by atoms with E-state index in [1.807, 2.05) is 0 Å². The number of imidazole rings is 1. The van der Waals surface area contributed by atoms with Crippen LogP contribution in [0.25, 0.3) is 11.0 Å². The minimum absolute atomic E-state index is 0.0199. The Morgan fingerprint density at radius 1 is 1.19 bits per heavy atom. The number of ether oxygens (including phenoxy) is 2. The molecule has 0 radical (unpaired) electrons. The van der Waals surface area contributed by atoms with E-state index in [-0.39, 0.29) is 33.4 Å². The summed E-state index contributed by atoms with van der Waals surface area (Å²) >= 11 is 0. The van der Waals surface area contributed by atoms with Gasteiger partial charge >= 0.3 is 6.29 Å².